The molecule has 1 aromatic heterocycles. The molecule has 1 aromatic rings. The molecule has 1 aliphatic rings. The molecular weight excluding hydrogens is 236 g/mol. The van der Waals surface area contributed by atoms with Crippen LogP contribution in [0.3, 0.4) is 0 Å². The molecule has 1 aliphatic heterocycles. The van der Waals surface area contributed by atoms with E-state index in [-0.39, 0.29) is 17.7 Å². The van der Waals surface area contributed by atoms with Gasteiger partial charge in [-0.15, -0.1) is 10.2 Å². The molecule has 2 rings (SSSR count). The van der Waals surface area contributed by atoms with E-state index < -0.39 is 5.97 Å². The van der Waals surface area contributed by atoms with Crippen molar-refractivity contribution in [1.82, 2.24) is 9.55 Å². The Labute approximate surface area is 102 Å². The topological polar surface area (TPSA) is 105 Å². The van der Waals surface area contributed by atoms with Gasteiger partial charge in [0, 0.05) is 5.87 Å². The van der Waals surface area contributed by atoms with Gasteiger partial charge in [-0.05, 0) is 19.1 Å². The van der Waals surface area contributed by atoms with Crippen molar-refractivity contribution in [1.29, 1.82) is 5.41 Å². The molecule has 0 atom stereocenters. The highest BCUT2D eigenvalue weighted by molar-refractivity contribution is 5.93. The summed E-state index contributed by atoms with van der Waals surface area (Å²) in [4.78, 5) is 15.6. The third kappa shape index (κ3) is 1.85. The minimum absolute atomic E-state index is 0.0632. The van der Waals surface area contributed by atoms with Crippen molar-refractivity contribution in [3.8, 4) is 0 Å². The Morgan fingerprint density at radius 3 is 3.06 bits per heavy atom. The third-order valence-electron chi connectivity index (χ3n) is 2.32. The highest BCUT2D eigenvalue weighted by Crippen LogP contribution is 2.13. The van der Waals surface area contributed by atoms with E-state index in [4.69, 9.17) is 10.1 Å². The molecule has 8 heteroatoms. The second kappa shape index (κ2) is 4.72. The molecule has 0 amide bonds. The number of allylic oxidation sites excluding steroid dienone is 1. The van der Waals surface area contributed by atoms with Crippen LogP contribution in [0.25, 0.3) is 5.70 Å². The molecule has 92 valence electrons. The molecule has 0 unspecified atom stereocenters. The van der Waals surface area contributed by atoms with E-state index in [2.05, 4.69) is 26.3 Å². The summed E-state index contributed by atoms with van der Waals surface area (Å²) in [6.45, 7) is 3.63. The average molecular weight is 246 g/mol. The first-order chi connectivity index (χ1) is 8.69. The predicted molar refractivity (Wildman–Crippen MR) is 60.2 cm³/mol. The van der Waals surface area contributed by atoms with E-state index in [1.165, 1.54) is 10.9 Å². The van der Waals surface area contributed by atoms with Crippen LogP contribution in [0.4, 0.5) is 0 Å². The number of nitrogens with zero attached hydrogens (tertiary/aromatic N) is 5. The molecule has 2 heterocycles. The first-order valence-corrected chi connectivity index (χ1v) is 5.19. The van der Waals surface area contributed by atoms with Crippen molar-refractivity contribution in [2.45, 2.75) is 13.8 Å². The minimum atomic E-state index is -0.573. The molecule has 0 aromatic carbocycles. The van der Waals surface area contributed by atoms with Gasteiger partial charge >= 0.3 is 5.97 Å². The van der Waals surface area contributed by atoms with Crippen molar-refractivity contribution >= 4 is 17.5 Å². The highest BCUT2D eigenvalue weighted by Gasteiger charge is 2.18. The largest absolute Gasteiger partial charge is 0.461 e. The second-order valence-electron chi connectivity index (χ2n) is 3.36. The van der Waals surface area contributed by atoms with Crippen molar-refractivity contribution in [2.75, 3.05) is 6.61 Å². The first-order valence-electron chi connectivity index (χ1n) is 5.19. The lowest BCUT2D eigenvalue weighted by Crippen LogP contribution is -2.30. The van der Waals surface area contributed by atoms with Crippen LogP contribution in [0.15, 0.2) is 27.5 Å². The molecule has 0 spiro atoms. The molecule has 1 N–H and O–H groups in total. The lowest BCUT2D eigenvalue weighted by atomic mass is 10.3. The van der Waals surface area contributed by atoms with Gasteiger partial charge in [0.25, 0.3) is 0 Å². The number of carbonyl (C=O) groups excluding carboxylic acids is 1. The standard InChI is InChI=1S/C10H10N6O2/c1-3-18-10(17)8-6(2)16-5-12-7(4-11)9(16)14-15-13-8/h5,11H,3H2,1-2H3. The van der Waals surface area contributed by atoms with Gasteiger partial charge in [-0.1, -0.05) is 0 Å². The van der Waals surface area contributed by atoms with Crippen molar-refractivity contribution in [3.63, 3.8) is 0 Å². The van der Waals surface area contributed by atoms with Gasteiger partial charge in [-0.2, -0.15) is 0 Å². The fourth-order valence-corrected chi connectivity index (χ4v) is 1.46. The van der Waals surface area contributed by atoms with Gasteiger partial charge in [0.05, 0.1) is 12.3 Å². The van der Waals surface area contributed by atoms with E-state index in [1.807, 2.05) is 0 Å². The molecule has 0 radical (unpaired) electrons. The van der Waals surface area contributed by atoms with E-state index in [0.29, 0.717) is 11.2 Å². The quantitative estimate of drug-likeness (QED) is 0.564. The zero-order valence-corrected chi connectivity index (χ0v) is 9.84. The second-order valence-corrected chi connectivity index (χ2v) is 3.36. The zero-order chi connectivity index (χ0) is 13.1. The fourth-order valence-electron chi connectivity index (χ4n) is 1.46. The van der Waals surface area contributed by atoms with Crippen LogP contribution in [0.5, 0.6) is 0 Å². The van der Waals surface area contributed by atoms with Gasteiger partial charge in [0.15, 0.2) is 16.5 Å². The summed E-state index contributed by atoms with van der Waals surface area (Å²) in [6, 6.07) is 0. The number of carbonyl (C=O) groups is 1. The Hall–Kier alpha value is -2.60. The van der Waals surface area contributed by atoms with E-state index in [0.717, 1.165) is 0 Å². The number of ether oxygens (including phenoxy) is 1. The fraction of sp³-hybridized carbons (Fsp3) is 0.300. The van der Waals surface area contributed by atoms with Crippen LogP contribution in [0.2, 0.25) is 0 Å². The minimum Gasteiger partial charge on any atom is -0.461 e. The smallest absolute Gasteiger partial charge is 0.360 e. The zero-order valence-electron chi connectivity index (χ0n) is 9.84. The molecule has 8 nitrogen and oxygen atoms in total. The van der Waals surface area contributed by atoms with Crippen molar-refractivity contribution in [3.05, 3.63) is 22.9 Å². The maximum Gasteiger partial charge on any atom is 0.360 e. The number of esters is 1. The molecule has 0 bridgehead atoms. The molecule has 18 heavy (non-hydrogen) atoms. The number of hydrogen-bond acceptors (Lipinski definition) is 7. The Kier molecular flexibility index (Phi) is 3.11. The maximum absolute atomic E-state index is 11.7. The SMILES string of the molecule is CCOC(=O)C1=C(C)n2cnc(=C=N)c2=NN=N1. The summed E-state index contributed by atoms with van der Waals surface area (Å²) in [6.07, 6.45) is 1.43. The van der Waals surface area contributed by atoms with E-state index in [1.54, 1.807) is 13.8 Å². The van der Waals surface area contributed by atoms with Gasteiger partial charge in [0.2, 0.25) is 0 Å². The van der Waals surface area contributed by atoms with Crippen LogP contribution in [0.1, 0.15) is 13.8 Å². The van der Waals surface area contributed by atoms with Gasteiger partial charge in [-0.25, -0.2) is 9.78 Å². The van der Waals surface area contributed by atoms with Crippen LogP contribution in [-0.4, -0.2) is 28.0 Å². The van der Waals surface area contributed by atoms with Crippen LogP contribution in [0, 0.1) is 5.41 Å². The summed E-state index contributed by atoms with van der Waals surface area (Å²) in [7, 11) is 0. The number of hydrogen-bond donors (Lipinski definition) is 1. The summed E-state index contributed by atoms with van der Waals surface area (Å²) < 4.78 is 6.39. The summed E-state index contributed by atoms with van der Waals surface area (Å²) in [5.74, 6) is 1.56. The Morgan fingerprint density at radius 2 is 2.39 bits per heavy atom. The van der Waals surface area contributed by atoms with Gasteiger partial charge in [0.1, 0.15) is 6.33 Å². The highest BCUT2D eigenvalue weighted by atomic mass is 16.5. The Morgan fingerprint density at radius 1 is 1.61 bits per heavy atom. The van der Waals surface area contributed by atoms with Crippen LogP contribution >= 0.6 is 0 Å². The summed E-state index contributed by atoms with van der Waals surface area (Å²) in [5.41, 5.74) is 0.862. The monoisotopic (exact) mass is 246 g/mol. The number of rotatable bonds is 2. The molecule has 0 fully saturated rings. The normalized spacial score (nSPS) is 13.4. The first kappa shape index (κ1) is 11.9. The van der Waals surface area contributed by atoms with Crippen LogP contribution < -0.4 is 10.8 Å². The predicted octanol–water partition coefficient (Wildman–Crippen LogP) is -0.445. The summed E-state index contributed by atoms with van der Waals surface area (Å²) in [5, 5.41) is 18.3. The molecule has 0 saturated carbocycles. The average Bonchev–Trinajstić information content (AvgIpc) is 2.69. The molecule has 0 aliphatic carbocycles. The van der Waals surface area contributed by atoms with Gasteiger partial charge < -0.3 is 4.74 Å². The third-order valence-corrected chi connectivity index (χ3v) is 2.32. The lowest BCUT2D eigenvalue weighted by molar-refractivity contribution is -0.138. The Bertz CT molecular complexity index is 692. The molecular formula is C10H10N6O2. The van der Waals surface area contributed by atoms with E-state index >= 15 is 0 Å². The Balaban J connectivity index is 2.65. The van der Waals surface area contributed by atoms with Crippen molar-refractivity contribution < 1.29 is 9.53 Å². The van der Waals surface area contributed by atoms with Crippen LogP contribution in [-0.2, 0) is 9.53 Å². The maximum atomic E-state index is 11.7. The van der Waals surface area contributed by atoms with Crippen molar-refractivity contribution in [2.24, 2.45) is 15.4 Å². The molecule has 0 saturated heterocycles. The van der Waals surface area contributed by atoms with E-state index in [9.17, 15) is 4.79 Å². The van der Waals surface area contributed by atoms with Gasteiger partial charge in [-0.3, -0.25) is 9.98 Å². The number of fused-ring (bicyclic) bond motifs is 1. The number of imidazole rings is 1. The number of aromatic nitrogens is 2. The lowest BCUT2D eigenvalue weighted by Gasteiger charge is -2.05. The number of nitrogens with one attached hydrogen (secondary N) is 1. The summed E-state index contributed by atoms with van der Waals surface area (Å²) >= 11 is 0.